The average Bonchev–Trinajstić information content (AvgIpc) is 1.87. The van der Waals surface area contributed by atoms with Gasteiger partial charge >= 0.3 is 0 Å². The molecule has 2 nitrogen and oxygen atoms in total. The molecule has 0 aromatic carbocycles. The minimum atomic E-state index is -0.257. The number of ether oxygens (including phenoxy) is 1. The molecule has 0 amide bonds. The lowest BCUT2D eigenvalue weighted by molar-refractivity contribution is 0.0643. The third-order valence-electron chi connectivity index (χ3n) is 1.37. The van der Waals surface area contributed by atoms with Gasteiger partial charge in [0.1, 0.15) is 0 Å². The number of aliphatic hydroxyl groups is 1. The Labute approximate surface area is 62.5 Å². The molecule has 0 unspecified atom stereocenters. The monoisotopic (exact) mass is 144 g/mol. The molecular formula is C8H16O2. The van der Waals surface area contributed by atoms with Gasteiger partial charge in [-0.05, 0) is 26.3 Å². The molecule has 0 radical (unpaired) electrons. The van der Waals surface area contributed by atoms with E-state index in [1.165, 1.54) is 0 Å². The Kier molecular flexibility index (Phi) is 3.61. The number of hydrogen-bond donors (Lipinski definition) is 1. The predicted molar refractivity (Wildman–Crippen MR) is 41.9 cm³/mol. The summed E-state index contributed by atoms with van der Waals surface area (Å²) in [5.74, 6) is 0. The lowest BCUT2D eigenvalue weighted by Crippen LogP contribution is -2.19. The first-order valence-corrected chi connectivity index (χ1v) is 3.36. The van der Waals surface area contributed by atoms with Crippen molar-refractivity contribution in [3.05, 3.63) is 11.6 Å². The summed E-state index contributed by atoms with van der Waals surface area (Å²) in [7, 11) is 1.65. The van der Waals surface area contributed by atoms with Crippen molar-refractivity contribution in [2.24, 2.45) is 0 Å². The molecule has 0 aliphatic heterocycles. The molecule has 0 aliphatic carbocycles. The van der Waals surface area contributed by atoms with Crippen LogP contribution in [0.5, 0.6) is 0 Å². The summed E-state index contributed by atoms with van der Waals surface area (Å²) >= 11 is 0. The summed E-state index contributed by atoms with van der Waals surface area (Å²) < 4.78 is 5.12. The molecule has 0 rings (SSSR count). The van der Waals surface area contributed by atoms with Gasteiger partial charge in [-0.25, -0.2) is 0 Å². The van der Waals surface area contributed by atoms with E-state index in [1.54, 1.807) is 7.11 Å². The van der Waals surface area contributed by atoms with E-state index < -0.39 is 0 Å². The second-order valence-electron chi connectivity index (χ2n) is 2.96. The van der Waals surface area contributed by atoms with Crippen molar-refractivity contribution in [2.75, 3.05) is 13.7 Å². The summed E-state index contributed by atoms with van der Waals surface area (Å²) in [5.41, 5.74) is 0.680. The van der Waals surface area contributed by atoms with Crippen LogP contribution >= 0.6 is 0 Å². The van der Waals surface area contributed by atoms with Crippen molar-refractivity contribution in [1.82, 2.24) is 0 Å². The second-order valence-corrected chi connectivity index (χ2v) is 2.96. The summed E-state index contributed by atoms with van der Waals surface area (Å²) in [6.45, 7) is 5.88. The molecule has 0 aromatic rings. The normalized spacial score (nSPS) is 13.9. The lowest BCUT2D eigenvalue weighted by atomic mass is 10.1. The van der Waals surface area contributed by atoms with Gasteiger partial charge < -0.3 is 9.84 Å². The van der Waals surface area contributed by atoms with E-state index in [4.69, 9.17) is 9.84 Å². The van der Waals surface area contributed by atoms with E-state index in [0.29, 0.717) is 0 Å². The first-order valence-electron chi connectivity index (χ1n) is 3.36. The van der Waals surface area contributed by atoms with Crippen LogP contribution in [0.25, 0.3) is 0 Å². The van der Waals surface area contributed by atoms with Gasteiger partial charge in [-0.1, -0.05) is 6.08 Å². The summed E-state index contributed by atoms with van der Waals surface area (Å²) in [4.78, 5) is 0. The SMILES string of the molecule is COC(C)(C)C=C(C)CO. The Morgan fingerprint density at radius 2 is 2.10 bits per heavy atom. The fourth-order valence-electron chi connectivity index (χ4n) is 0.698. The highest BCUT2D eigenvalue weighted by Gasteiger charge is 2.11. The van der Waals surface area contributed by atoms with Crippen LogP contribution in [-0.4, -0.2) is 24.4 Å². The zero-order valence-electron chi connectivity index (χ0n) is 7.14. The molecular weight excluding hydrogens is 128 g/mol. The van der Waals surface area contributed by atoms with Gasteiger partial charge in [0, 0.05) is 7.11 Å². The van der Waals surface area contributed by atoms with Crippen molar-refractivity contribution in [3.8, 4) is 0 Å². The standard InChI is InChI=1S/C8H16O2/c1-7(6-9)5-8(2,3)10-4/h5,9H,6H2,1-4H3. The zero-order chi connectivity index (χ0) is 8.20. The van der Waals surface area contributed by atoms with Crippen LogP contribution in [0.2, 0.25) is 0 Å². The number of rotatable bonds is 3. The molecule has 60 valence electrons. The smallest absolute Gasteiger partial charge is 0.0805 e. The number of aliphatic hydroxyl groups excluding tert-OH is 1. The third kappa shape index (κ3) is 3.64. The van der Waals surface area contributed by atoms with Crippen LogP contribution in [0.15, 0.2) is 11.6 Å². The topological polar surface area (TPSA) is 29.5 Å². The molecule has 0 fully saturated rings. The fraction of sp³-hybridized carbons (Fsp3) is 0.750. The molecule has 0 heterocycles. The Balaban J connectivity index is 4.09. The molecule has 0 saturated carbocycles. The van der Waals surface area contributed by atoms with E-state index >= 15 is 0 Å². The van der Waals surface area contributed by atoms with Crippen molar-refractivity contribution in [1.29, 1.82) is 0 Å². The summed E-state index contributed by atoms with van der Waals surface area (Å²) in [5, 5.41) is 8.67. The molecule has 0 saturated heterocycles. The van der Waals surface area contributed by atoms with Gasteiger partial charge in [0.05, 0.1) is 12.2 Å². The highest BCUT2D eigenvalue weighted by Crippen LogP contribution is 2.11. The minimum Gasteiger partial charge on any atom is -0.392 e. The highest BCUT2D eigenvalue weighted by atomic mass is 16.5. The van der Waals surface area contributed by atoms with Crippen LogP contribution in [0.3, 0.4) is 0 Å². The van der Waals surface area contributed by atoms with Crippen LogP contribution < -0.4 is 0 Å². The molecule has 1 N–H and O–H groups in total. The Hall–Kier alpha value is -0.340. The molecule has 0 aliphatic rings. The van der Waals surface area contributed by atoms with Gasteiger partial charge in [-0.2, -0.15) is 0 Å². The first kappa shape index (κ1) is 9.66. The third-order valence-corrected chi connectivity index (χ3v) is 1.37. The van der Waals surface area contributed by atoms with Gasteiger partial charge in [-0.3, -0.25) is 0 Å². The number of methoxy groups -OCH3 is 1. The maximum atomic E-state index is 8.67. The zero-order valence-corrected chi connectivity index (χ0v) is 7.14. The Morgan fingerprint density at radius 1 is 1.60 bits per heavy atom. The Morgan fingerprint density at radius 3 is 2.40 bits per heavy atom. The van der Waals surface area contributed by atoms with E-state index in [9.17, 15) is 0 Å². The predicted octanol–water partition coefficient (Wildman–Crippen LogP) is 1.35. The van der Waals surface area contributed by atoms with Crippen LogP contribution in [0.4, 0.5) is 0 Å². The van der Waals surface area contributed by atoms with Gasteiger partial charge in [0.2, 0.25) is 0 Å². The molecule has 0 aromatic heterocycles. The van der Waals surface area contributed by atoms with E-state index in [1.807, 2.05) is 26.8 Å². The highest BCUT2D eigenvalue weighted by molar-refractivity contribution is 5.06. The molecule has 10 heavy (non-hydrogen) atoms. The van der Waals surface area contributed by atoms with Crippen molar-refractivity contribution < 1.29 is 9.84 Å². The average molecular weight is 144 g/mol. The van der Waals surface area contributed by atoms with Crippen molar-refractivity contribution >= 4 is 0 Å². The van der Waals surface area contributed by atoms with Gasteiger partial charge in [0.15, 0.2) is 0 Å². The number of hydrogen-bond acceptors (Lipinski definition) is 2. The first-order chi connectivity index (χ1) is 4.52. The quantitative estimate of drug-likeness (QED) is 0.606. The molecule has 2 heteroatoms. The second kappa shape index (κ2) is 3.74. The van der Waals surface area contributed by atoms with Gasteiger partial charge in [0.25, 0.3) is 0 Å². The van der Waals surface area contributed by atoms with Crippen LogP contribution in [0, 0.1) is 0 Å². The Bertz CT molecular complexity index is 125. The molecule has 0 bridgehead atoms. The largest absolute Gasteiger partial charge is 0.392 e. The van der Waals surface area contributed by atoms with E-state index in [0.717, 1.165) is 5.57 Å². The van der Waals surface area contributed by atoms with Crippen LogP contribution in [0.1, 0.15) is 20.8 Å². The van der Waals surface area contributed by atoms with E-state index in [2.05, 4.69) is 0 Å². The fourth-order valence-corrected chi connectivity index (χ4v) is 0.698. The summed E-state index contributed by atoms with van der Waals surface area (Å²) in [6, 6.07) is 0. The lowest BCUT2D eigenvalue weighted by Gasteiger charge is -2.18. The van der Waals surface area contributed by atoms with Crippen molar-refractivity contribution in [2.45, 2.75) is 26.4 Å². The maximum Gasteiger partial charge on any atom is 0.0805 e. The van der Waals surface area contributed by atoms with Crippen LogP contribution in [-0.2, 0) is 4.74 Å². The molecule has 0 spiro atoms. The van der Waals surface area contributed by atoms with E-state index in [-0.39, 0.29) is 12.2 Å². The maximum absolute atomic E-state index is 8.67. The molecule has 0 atom stereocenters. The van der Waals surface area contributed by atoms with Gasteiger partial charge in [-0.15, -0.1) is 0 Å². The van der Waals surface area contributed by atoms with Crippen molar-refractivity contribution in [3.63, 3.8) is 0 Å². The minimum absolute atomic E-state index is 0.104. The summed E-state index contributed by atoms with van der Waals surface area (Å²) in [6.07, 6.45) is 1.91.